The van der Waals surface area contributed by atoms with E-state index in [-0.39, 0.29) is 11.8 Å². The predicted molar refractivity (Wildman–Crippen MR) is 99.2 cm³/mol. The second-order valence-electron chi connectivity index (χ2n) is 6.64. The maximum atomic E-state index is 12.7. The molecule has 2 N–H and O–H groups in total. The Kier molecular flexibility index (Phi) is 4.16. The van der Waals surface area contributed by atoms with Gasteiger partial charge in [0.2, 0.25) is 5.91 Å². The first kappa shape index (κ1) is 16.3. The van der Waals surface area contributed by atoms with Crippen LogP contribution in [0.15, 0.2) is 48.7 Å². The third kappa shape index (κ3) is 3.44. The molecule has 0 bridgehead atoms. The normalized spacial score (nSPS) is 13.6. The molecule has 2 amide bonds. The zero-order valence-corrected chi connectivity index (χ0v) is 14.5. The maximum absolute atomic E-state index is 12.7. The van der Waals surface area contributed by atoms with E-state index in [1.54, 1.807) is 4.40 Å². The van der Waals surface area contributed by atoms with Crippen LogP contribution < -0.4 is 10.6 Å². The largest absolute Gasteiger partial charge is 0.353 e. The van der Waals surface area contributed by atoms with Crippen LogP contribution in [-0.4, -0.2) is 27.2 Å². The molecule has 0 unspecified atom stereocenters. The number of anilines is 1. The van der Waals surface area contributed by atoms with E-state index in [1.165, 1.54) is 0 Å². The molecule has 1 aliphatic carbocycles. The Morgan fingerprint density at radius 3 is 2.65 bits per heavy atom. The van der Waals surface area contributed by atoms with Gasteiger partial charge in [0.25, 0.3) is 5.91 Å². The molecule has 0 spiro atoms. The third-order valence-corrected chi connectivity index (χ3v) is 4.44. The lowest BCUT2D eigenvalue weighted by Crippen LogP contribution is -2.26. The molecule has 2 aromatic heterocycles. The van der Waals surface area contributed by atoms with Crippen molar-refractivity contribution in [3.05, 3.63) is 65.6 Å². The molecule has 0 saturated heterocycles. The molecule has 26 heavy (non-hydrogen) atoms. The molecule has 1 aromatic carbocycles. The van der Waals surface area contributed by atoms with Crippen LogP contribution in [0.3, 0.4) is 0 Å². The second-order valence-corrected chi connectivity index (χ2v) is 6.64. The van der Waals surface area contributed by atoms with E-state index in [0.717, 1.165) is 24.1 Å². The molecule has 132 valence electrons. The molecular weight excluding hydrogens is 328 g/mol. The predicted octanol–water partition coefficient (Wildman–Crippen LogP) is 2.72. The van der Waals surface area contributed by atoms with Crippen molar-refractivity contribution in [2.45, 2.75) is 32.2 Å². The summed E-state index contributed by atoms with van der Waals surface area (Å²) in [7, 11) is 0. The number of hydrogen-bond acceptors (Lipinski definition) is 3. The number of benzene rings is 1. The van der Waals surface area contributed by atoms with Crippen molar-refractivity contribution < 1.29 is 9.59 Å². The maximum Gasteiger partial charge on any atom is 0.274 e. The average molecular weight is 348 g/mol. The molecule has 1 aliphatic rings. The van der Waals surface area contributed by atoms with Gasteiger partial charge in [-0.05, 0) is 49.6 Å². The fourth-order valence-electron chi connectivity index (χ4n) is 2.98. The first-order chi connectivity index (χ1) is 12.6. The van der Waals surface area contributed by atoms with Crippen LogP contribution in [0.4, 0.5) is 5.69 Å². The van der Waals surface area contributed by atoms with Gasteiger partial charge in [0.15, 0.2) is 0 Å². The lowest BCUT2D eigenvalue weighted by molar-refractivity contribution is -0.120. The minimum atomic E-state index is -0.208. The summed E-state index contributed by atoms with van der Waals surface area (Å²) < 4.78 is 1.78. The Hall–Kier alpha value is -3.15. The standard InChI is InChI=1S/C20H20N4O2/c1-13-19(24-11-3-2-4-17(24)21-13)20(26)23-16-7-5-14(6-8-16)12-18(25)22-15-9-10-15/h2-8,11,15H,9-10,12H2,1H3,(H,22,25)(H,23,26). The number of nitrogens with one attached hydrogen (secondary N) is 2. The van der Waals surface area contributed by atoms with E-state index >= 15 is 0 Å². The molecular formula is C20H20N4O2. The number of carbonyl (C=O) groups is 2. The number of nitrogens with zero attached hydrogens (tertiary/aromatic N) is 2. The van der Waals surface area contributed by atoms with Gasteiger partial charge >= 0.3 is 0 Å². The van der Waals surface area contributed by atoms with Crippen LogP contribution in [0.5, 0.6) is 0 Å². The summed E-state index contributed by atoms with van der Waals surface area (Å²) in [5.74, 6) is -0.161. The van der Waals surface area contributed by atoms with Crippen molar-refractivity contribution in [1.82, 2.24) is 14.7 Å². The topological polar surface area (TPSA) is 75.5 Å². The molecule has 6 nitrogen and oxygen atoms in total. The van der Waals surface area contributed by atoms with Crippen LogP contribution in [0.2, 0.25) is 0 Å². The number of amides is 2. The zero-order valence-electron chi connectivity index (χ0n) is 14.5. The quantitative estimate of drug-likeness (QED) is 0.744. The van der Waals surface area contributed by atoms with E-state index in [4.69, 9.17) is 0 Å². The summed E-state index contributed by atoms with van der Waals surface area (Å²) in [6.07, 6.45) is 4.35. The van der Waals surface area contributed by atoms with Crippen molar-refractivity contribution in [3.8, 4) is 0 Å². The number of hydrogen-bond donors (Lipinski definition) is 2. The Morgan fingerprint density at radius 1 is 1.15 bits per heavy atom. The first-order valence-electron chi connectivity index (χ1n) is 8.73. The monoisotopic (exact) mass is 348 g/mol. The van der Waals surface area contributed by atoms with Gasteiger partial charge in [-0.2, -0.15) is 0 Å². The van der Waals surface area contributed by atoms with E-state index in [1.807, 2.05) is 55.6 Å². The van der Waals surface area contributed by atoms with Gasteiger partial charge in [0.05, 0.1) is 12.1 Å². The molecule has 0 aliphatic heterocycles. The first-order valence-corrected chi connectivity index (χ1v) is 8.73. The Bertz CT molecular complexity index is 971. The second kappa shape index (κ2) is 6.63. The molecule has 1 saturated carbocycles. The minimum absolute atomic E-state index is 0.0469. The highest BCUT2D eigenvalue weighted by Gasteiger charge is 2.23. The molecule has 0 atom stereocenters. The Balaban J connectivity index is 1.45. The summed E-state index contributed by atoms with van der Waals surface area (Å²) in [5, 5.41) is 5.87. The number of pyridine rings is 1. The fraction of sp³-hybridized carbons (Fsp3) is 0.250. The van der Waals surface area contributed by atoms with Crippen molar-refractivity contribution in [1.29, 1.82) is 0 Å². The molecule has 0 radical (unpaired) electrons. The molecule has 6 heteroatoms. The number of fused-ring (bicyclic) bond motifs is 1. The van der Waals surface area contributed by atoms with Crippen LogP contribution in [0, 0.1) is 6.92 Å². The van der Waals surface area contributed by atoms with Crippen molar-refractivity contribution >= 4 is 23.1 Å². The lowest BCUT2D eigenvalue weighted by Gasteiger charge is -2.08. The van der Waals surface area contributed by atoms with Gasteiger partial charge in [-0.25, -0.2) is 4.98 Å². The van der Waals surface area contributed by atoms with Gasteiger partial charge in [-0.1, -0.05) is 18.2 Å². The minimum Gasteiger partial charge on any atom is -0.353 e. The zero-order chi connectivity index (χ0) is 18.1. The Morgan fingerprint density at radius 2 is 1.92 bits per heavy atom. The Labute approximate surface area is 151 Å². The van der Waals surface area contributed by atoms with Crippen LogP contribution in [-0.2, 0) is 11.2 Å². The molecule has 2 heterocycles. The van der Waals surface area contributed by atoms with Gasteiger partial charge in [-0.15, -0.1) is 0 Å². The summed E-state index contributed by atoms with van der Waals surface area (Å²) >= 11 is 0. The number of aryl methyl sites for hydroxylation is 1. The molecule has 4 rings (SSSR count). The van der Waals surface area contributed by atoms with E-state index in [2.05, 4.69) is 15.6 Å². The van der Waals surface area contributed by atoms with E-state index in [9.17, 15) is 9.59 Å². The lowest BCUT2D eigenvalue weighted by atomic mass is 10.1. The number of imidazole rings is 1. The van der Waals surface area contributed by atoms with E-state index in [0.29, 0.717) is 29.5 Å². The molecule has 1 fully saturated rings. The van der Waals surface area contributed by atoms with Gasteiger partial charge < -0.3 is 10.6 Å². The SMILES string of the molecule is Cc1nc2ccccn2c1C(=O)Nc1ccc(CC(=O)NC2CC2)cc1. The number of rotatable bonds is 5. The van der Waals surface area contributed by atoms with Crippen molar-refractivity contribution in [2.75, 3.05) is 5.32 Å². The summed E-state index contributed by atoms with van der Waals surface area (Å²) in [5.41, 5.74) is 3.56. The van der Waals surface area contributed by atoms with Gasteiger partial charge in [-0.3, -0.25) is 14.0 Å². The number of aromatic nitrogens is 2. The summed E-state index contributed by atoms with van der Waals surface area (Å²) in [6.45, 7) is 1.82. The highest BCUT2D eigenvalue weighted by atomic mass is 16.2. The van der Waals surface area contributed by atoms with Crippen LogP contribution >= 0.6 is 0 Å². The van der Waals surface area contributed by atoms with Crippen LogP contribution in [0.1, 0.15) is 34.6 Å². The third-order valence-electron chi connectivity index (χ3n) is 4.44. The van der Waals surface area contributed by atoms with Crippen molar-refractivity contribution in [2.24, 2.45) is 0 Å². The van der Waals surface area contributed by atoms with E-state index < -0.39 is 0 Å². The average Bonchev–Trinajstić information content (AvgIpc) is 3.35. The summed E-state index contributed by atoms with van der Waals surface area (Å²) in [6, 6.07) is 13.4. The highest BCUT2D eigenvalue weighted by molar-refractivity contribution is 6.04. The van der Waals surface area contributed by atoms with Gasteiger partial charge in [0, 0.05) is 17.9 Å². The summed E-state index contributed by atoms with van der Waals surface area (Å²) in [4.78, 5) is 28.9. The highest BCUT2D eigenvalue weighted by Crippen LogP contribution is 2.19. The number of carbonyl (C=O) groups excluding carboxylic acids is 2. The fourth-order valence-corrected chi connectivity index (χ4v) is 2.98. The van der Waals surface area contributed by atoms with Crippen LogP contribution in [0.25, 0.3) is 5.65 Å². The smallest absolute Gasteiger partial charge is 0.274 e. The van der Waals surface area contributed by atoms with Gasteiger partial charge in [0.1, 0.15) is 11.3 Å². The molecule has 3 aromatic rings. The van der Waals surface area contributed by atoms with Crippen molar-refractivity contribution in [3.63, 3.8) is 0 Å².